The van der Waals surface area contributed by atoms with Gasteiger partial charge in [-0.15, -0.1) is 0 Å². The first-order valence-corrected chi connectivity index (χ1v) is 6.38. The largest absolute Gasteiger partial charge is 0.370 e. The molecular weight excluding hydrogens is 244 g/mol. The van der Waals surface area contributed by atoms with Gasteiger partial charge in [-0.25, -0.2) is 0 Å². The van der Waals surface area contributed by atoms with Crippen molar-refractivity contribution in [2.45, 2.75) is 6.92 Å². The number of nitrogens with one attached hydrogen (secondary N) is 1. The van der Waals surface area contributed by atoms with E-state index in [1.54, 1.807) is 11.0 Å². The highest BCUT2D eigenvalue weighted by Crippen LogP contribution is 2.06. The fraction of sp³-hybridized carbons (Fsp3) is 0.429. The highest BCUT2D eigenvalue weighted by Gasteiger charge is 2.18. The lowest BCUT2D eigenvalue weighted by Gasteiger charge is -2.26. The summed E-state index contributed by atoms with van der Waals surface area (Å²) in [7, 11) is 0. The van der Waals surface area contributed by atoms with Crippen LogP contribution < -0.4 is 5.32 Å². The number of carbonyl (C=O) groups is 2. The Morgan fingerprint density at radius 2 is 2.21 bits per heavy atom. The van der Waals surface area contributed by atoms with Crippen LogP contribution in [0.3, 0.4) is 0 Å². The minimum Gasteiger partial charge on any atom is -0.370 e. The number of morpholine rings is 1. The molecule has 2 amide bonds. The van der Waals surface area contributed by atoms with Crippen molar-refractivity contribution in [2.75, 3.05) is 32.8 Å². The number of nitrogens with zero attached hydrogens (tertiary/aromatic N) is 1. The van der Waals surface area contributed by atoms with Gasteiger partial charge in [-0.05, 0) is 18.6 Å². The molecule has 2 rings (SSSR count). The SMILES string of the molecule is Cc1ccccc1C(=O)NCCN1CCOCC1=O. The van der Waals surface area contributed by atoms with E-state index in [-0.39, 0.29) is 18.4 Å². The van der Waals surface area contributed by atoms with Gasteiger partial charge >= 0.3 is 0 Å². The normalized spacial score (nSPS) is 15.4. The molecule has 0 bridgehead atoms. The van der Waals surface area contributed by atoms with Gasteiger partial charge in [-0.3, -0.25) is 9.59 Å². The van der Waals surface area contributed by atoms with Crippen molar-refractivity contribution in [1.29, 1.82) is 0 Å². The molecule has 0 atom stereocenters. The molecule has 1 N–H and O–H groups in total. The number of carbonyl (C=O) groups excluding carboxylic acids is 2. The second-order valence-corrected chi connectivity index (χ2v) is 4.50. The van der Waals surface area contributed by atoms with Crippen LogP contribution in [-0.4, -0.2) is 49.6 Å². The molecule has 1 aromatic carbocycles. The van der Waals surface area contributed by atoms with Gasteiger partial charge in [-0.1, -0.05) is 18.2 Å². The van der Waals surface area contributed by atoms with Crippen LogP contribution in [0.5, 0.6) is 0 Å². The monoisotopic (exact) mass is 262 g/mol. The summed E-state index contributed by atoms with van der Waals surface area (Å²) >= 11 is 0. The molecule has 19 heavy (non-hydrogen) atoms. The molecule has 102 valence electrons. The number of hydrogen-bond donors (Lipinski definition) is 1. The Hall–Kier alpha value is -1.88. The molecule has 0 aromatic heterocycles. The number of aryl methyl sites for hydroxylation is 1. The zero-order chi connectivity index (χ0) is 13.7. The van der Waals surface area contributed by atoms with Gasteiger partial charge in [-0.2, -0.15) is 0 Å². The average Bonchev–Trinajstić information content (AvgIpc) is 2.41. The quantitative estimate of drug-likeness (QED) is 0.863. The van der Waals surface area contributed by atoms with Crippen molar-refractivity contribution in [2.24, 2.45) is 0 Å². The van der Waals surface area contributed by atoms with Gasteiger partial charge in [0, 0.05) is 25.2 Å². The van der Waals surface area contributed by atoms with Crippen LogP contribution in [0.2, 0.25) is 0 Å². The standard InChI is InChI=1S/C14H18N2O3/c1-11-4-2-3-5-12(11)14(18)15-6-7-16-8-9-19-10-13(16)17/h2-5H,6-10H2,1H3,(H,15,18). The van der Waals surface area contributed by atoms with E-state index < -0.39 is 0 Å². The van der Waals surface area contributed by atoms with Gasteiger partial charge in [0.2, 0.25) is 5.91 Å². The predicted octanol–water partition coefficient (Wildman–Crippen LogP) is 0.584. The van der Waals surface area contributed by atoms with Crippen LogP contribution in [0, 0.1) is 6.92 Å². The molecule has 1 saturated heterocycles. The Bertz CT molecular complexity index is 474. The molecule has 0 aliphatic carbocycles. The van der Waals surface area contributed by atoms with E-state index in [1.165, 1.54) is 0 Å². The van der Waals surface area contributed by atoms with Crippen LogP contribution >= 0.6 is 0 Å². The van der Waals surface area contributed by atoms with Crippen molar-refractivity contribution in [1.82, 2.24) is 10.2 Å². The van der Waals surface area contributed by atoms with E-state index in [0.717, 1.165) is 5.56 Å². The highest BCUT2D eigenvalue weighted by molar-refractivity contribution is 5.95. The van der Waals surface area contributed by atoms with Crippen molar-refractivity contribution < 1.29 is 14.3 Å². The Morgan fingerprint density at radius 1 is 1.42 bits per heavy atom. The third-order valence-corrected chi connectivity index (χ3v) is 3.14. The zero-order valence-corrected chi connectivity index (χ0v) is 11.0. The van der Waals surface area contributed by atoms with Gasteiger partial charge < -0.3 is 15.0 Å². The molecule has 1 heterocycles. The van der Waals surface area contributed by atoms with Crippen LogP contribution in [0.1, 0.15) is 15.9 Å². The molecular formula is C14H18N2O3. The first kappa shape index (κ1) is 13.5. The fourth-order valence-corrected chi connectivity index (χ4v) is 2.01. The summed E-state index contributed by atoms with van der Waals surface area (Å²) in [5.41, 5.74) is 1.62. The number of amides is 2. The van der Waals surface area contributed by atoms with Crippen molar-refractivity contribution >= 4 is 11.8 Å². The molecule has 1 fully saturated rings. The molecule has 1 aliphatic rings. The maximum atomic E-state index is 11.9. The topological polar surface area (TPSA) is 58.6 Å². The van der Waals surface area contributed by atoms with E-state index in [4.69, 9.17) is 4.74 Å². The summed E-state index contributed by atoms with van der Waals surface area (Å²) in [6, 6.07) is 7.44. The van der Waals surface area contributed by atoms with Gasteiger partial charge in [0.25, 0.3) is 5.91 Å². The fourth-order valence-electron chi connectivity index (χ4n) is 2.01. The number of benzene rings is 1. The predicted molar refractivity (Wildman–Crippen MR) is 70.9 cm³/mol. The highest BCUT2D eigenvalue weighted by atomic mass is 16.5. The van der Waals surface area contributed by atoms with Gasteiger partial charge in [0.1, 0.15) is 6.61 Å². The summed E-state index contributed by atoms with van der Waals surface area (Å²) in [6.45, 7) is 4.20. The first-order chi connectivity index (χ1) is 9.18. The third-order valence-electron chi connectivity index (χ3n) is 3.14. The van der Waals surface area contributed by atoms with Crippen LogP contribution in [0.15, 0.2) is 24.3 Å². The summed E-state index contributed by atoms with van der Waals surface area (Å²) in [5.74, 6) is -0.116. The van der Waals surface area contributed by atoms with Crippen LogP contribution in [-0.2, 0) is 9.53 Å². The molecule has 0 spiro atoms. The van der Waals surface area contributed by atoms with Crippen molar-refractivity contribution in [3.05, 3.63) is 35.4 Å². The Kier molecular flexibility index (Phi) is 4.52. The van der Waals surface area contributed by atoms with E-state index in [2.05, 4.69) is 5.32 Å². The number of hydrogen-bond acceptors (Lipinski definition) is 3. The number of rotatable bonds is 4. The lowest BCUT2D eigenvalue weighted by atomic mass is 10.1. The number of ether oxygens (including phenoxy) is 1. The molecule has 0 unspecified atom stereocenters. The minimum atomic E-state index is -0.0983. The van der Waals surface area contributed by atoms with E-state index in [0.29, 0.717) is 31.8 Å². The Balaban J connectivity index is 1.81. The Labute approximate surface area is 112 Å². The van der Waals surface area contributed by atoms with Crippen molar-refractivity contribution in [3.63, 3.8) is 0 Å². The average molecular weight is 262 g/mol. The molecule has 1 aromatic rings. The van der Waals surface area contributed by atoms with E-state index in [1.807, 2.05) is 25.1 Å². The lowest BCUT2D eigenvalue weighted by Crippen LogP contribution is -2.45. The minimum absolute atomic E-state index is 0.0172. The zero-order valence-electron chi connectivity index (χ0n) is 11.0. The Morgan fingerprint density at radius 3 is 2.95 bits per heavy atom. The van der Waals surface area contributed by atoms with Crippen LogP contribution in [0.25, 0.3) is 0 Å². The third kappa shape index (κ3) is 3.54. The maximum absolute atomic E-state index is 11.9. The smallest absolute Gasteiger partial charge is 0.251 e. The van der Waals surface area contributed by atoms with E-state index in [9.17, 15) is 9.59 Å². The van der Waals surface area contributed by atoms with E-state index >= 15 is 0 Å². The molecule has 1 aliphatic heterocycles. The molecule has 5 heteroatoms. The maximum Gasteiger partial charge on any atom is 0.251 e. The second-order valence-electron chi connectivity index (χ2n) is 4.50. The molecule has 5 nitrogen and oxygen atoms in total. The summed E-state index contributed by atoms with van der Waals surface area (Å²) < 4.78 is 5.05. The second kappa shape index (κ2) is 6.33. The molecule has 0 radical (unpaired) electrons. The van der Waals surface area contributed by atoms with Gasteiger partial charge in [0.15, 0.2) is 0 Å². The summed E-state index contributed by atoms with van der Waals surface area (Å²) in [5, 5.41) is 2.83. The van der Waals surface area contributed by atoms with Crippen molar-refractivity contribution in [3.8, 4) is 0 Å². The molecule has 0 saturated carbocycles. The summed E-state index contributed by atoms with van der Waals surface area (Å²) in [6.07, 6.45) is 0. The van der Waals surface area contributed by atoms with Crippen LogP contribution in [0.4, 0.5) is 0 Å². The summed E-state index contributed by atoms with van der Waals surface area (Å²) in [4.78, 5) is 25.1. The van der Waals surface area contributed by atoms with Gasteiger partial charge in [0.05, 0.1) is 6.61 Å². The first-order valence-electron chi connectivity index (χ1n) is 6.38. The lowest BCUT2D eigenvalue weighted by molar-refractivity contribution is -0.142.